The summed E-state index contributed by atoms with van der Waals surface area (Å²) in [7, 11) is 1.65. The SMILES string of the molecule is Cc1nn(CC2CC2)cc1Cc1nn(C)nc1-c1c(F)cc(F)cc1C(C)Oc1cc(Br)c[nH+]c1N=O. The van der Waals surface area contributed by atoms with Crippen LogP contribution in [-0.4, -0.2) is 24.8 Å². The van der Waals surface area contributed by atoms with E-state index in [-0.39, 0.29) is 28.4 Å². The predicted molar refractivity (Wildman–Crippen MR) is 134 cm³/mol. The van der Waals surface area contributed by atoms with Gasteiger partial charge >= 0.3 is 5.82 Å². The number of aromatic amines is 1. The van der Waals surface area contributed by atoms with Crippen LogP contribution in [0.1, 0.15) is 48.4 Å². The minimum absolute atomic E-state index is 0.0487. The molecule has 37 heavy (non-hydrogen) atoms. The van der Waals surface area contributed by atoms with Gasteiger partial charge in [-0.1, -0.05) is 0 Å². The van der Waals surface area contributed by atoms with Gasteiger partial charge in [-0.15, -0.1) is 0 Å². The van der Waals surface area contributed by atoms with Crippen LogP contribution < -0.4 is 9.72 Å². The maximum atomic E-state index is 15.4. The zero-order valence-corrected chi connectivity index (χ0v) is 22.1. The van der Waals surface area contributed by atoms with Gasteiger partial charge in [-0.3, -0.25) is 4.68 Å². The number of aryl methyl sites for hydroxylation is 2. The molecular weight excluding hydrogens is 548 g/mol. The van der Waals surface area contributed by atoms with Crippen LogP contribution in [0.2, 0.25) is 0 Å². The number of nitroso groups, excluding NO2 is 1. The van der Waals surface area contributed by atoms with Gasteiger partial charge in [-0.25, -0.2) is 13.8 Å². The van der Waals surface area contributed by atoms with Gasteiger partial charge in [-0.2, -0.15) is 20.1 Å². The Morgan fingerprint density at radius 3 is 2.76 bits per heavy atom. The van der Waals surface area contributed by atoms with Gasteiger partial charge < -0.3 is 4.74 Å². The fraction of sp³-hybridized carbons (Fsp3) is 0.360. The first-order valence-corrected chi connectivity index (χ1v) is 12.6. The summed E-state index contributed by atoms with van der Waals surface area (Å²) in [5.41, 5.74) is 2.95. The van der Waals surface area contributed by atoms with Crippen LogP contribution >= 0.6 is 15.9 Å². The Balaban J connectivity index is 1.52. The molecule has 192 valence electrons. The Morgan fingerprint density at radius 1 is 1.24 bits per heavy atom. The van der Waals surface area contributed by atoms with E-state index in [2.05, 4.69) is 41.4 Å². The number of nitrogens with one attached hydrogen (secondary N) is 1. The zero-order chi connectivity index (χ0) is 26.3. The van der Waals surface area contributed by atoms with Crippen LogP contribution in [0.4, 0.5) is 14.6 Å². The Bertz CT molecular complexity index is 1480. The average Bonchev–Trinajstić information content (AvgIpc) is 3.48. The summed E-state index contributed by atoms with van der Waals surface area (Å²) in [6.07, 6.45) is 5.49. The maximum absolute atomic E-state index is 15.4. The molecule has 1 aliphatic rings. The summed E-state index contributed by atoms with van der Waals surface area (Å²) in [6, 6.07) is 3.57. The zero-order valence-electron chi connectivity index (χ0n) is 20.5. The molecule has 0 saturated heterocycles. The number of pyridine rings is 1. The molecule has 1 atom stereocenters. The lowest BCUT2D eigenvalue weighted by Crippen LogP contribution is -2.11. The minimum atomic E-state index is -0.860. The smallest absolute Gasteiger partial charge is 0.414 e. The number of rotatable bonds is 9. The summed E-state index contributed by atoms with van der Waals surface area (Å²) in [5, 5.41) is 16.5. The van der Waals surface area contributed by atoms with E-state index in [9.17, 15) is 9.30 Å². The van der Waals surface area contributed by atoms with Gasteiger partial charge in [0.2, 0.25) is 10.9 Å². The molecule has 9 nitrogen and oxygen atoms in total. The van der Waals surface area contributed by atoms with Crippen molar-refractivity contribution in [3.05, 3.63) is 74.1 Å². The molecule has 1 fully saturated rings. The van der Waals surface area contributed by atoms with Gasteiger partial charge in [0, 0.05) is 49.5 Å². The molecule has 0 radical (unpaired) electrons. The summed E-state index contributed by atoms with van der Waals surface area (Å²) in [6.45, 7) is 4.45. The summed E-state index contributed by atoms with van der Waals surface area (Å²) in [5.74, 6) is -0.793. The Hall–Kier alpha value is -3.54. The van der Waals surface area contributed by atoms with E-state index in [0.29, 0.717) is 22.5 Å². The van der Waals surface area contributed by atoms with E-state index < -0.39 is 17.7 Å². The van der Waals surface area contributed by atoms with Crippen molar-refractivity contribution in [2.24, 2.45) is 18.1 Å². The molecule has 3 aromatic heterocycles. The van der Waals surface area contributed by atoms with Gasteiger partial charge in [0.1, 0.15) is 29.6 Å². The van der Waals surface area contributed by atoms with E-state index in [1.54, 1.807) is 20.0 Å². The number of H-pyrrole nitrogens is 1. The molecule has 3 heterocycles. The lowest BCUT2D eigenvalue weighted by Gasteiger charge is -2.18. The van der Waals surface area contributed by atoms with Crippen molar-refractivity contribution in [2.45, 2.75) is 45.8 Å². The highest BCUT2D eigenvalue weighted by molar-refractivity contribution is 9.10. The van der Waals surface area contributed by atoms with Crippen LogP contribution in [0, 0.1) is 29.4 Å². The number of nitrogens with zero attached hydrogens (tertiary/aromatic N) is 6. The first-order valence-electron chi connectivity index (χ1n) is 11.9. The van der Waals surface area contributed by atoms with E-state index in [1.807, 2.05) is 17.8 Å². The number of ether oxygens (including phenoxy) is 1. The van der Waals surface area contributed by atoms with Crippen LogP contribution in [0.15, 0.2) is 40.2 Å². The van der Waals surface area contributed by atoms with Crippen molar-refractivity contribution in [3.8, 4) is 17.0 Å². The molecular formula is C25H25BrF2N7O2+. The fourth-order valence-corrected chi connectivity index (χ4v) is 4.68. The van der Waals surface area contributed by atoms with Gasteiger partial charge in [0.15, 0.2) is 0 Å². The third kappa shape index (κ3) is 5.43. The lowest BCUT2D eigenvalue weighted by atomic mass is 9.96. The van der Waals surface area contributed by atoms with Crippen LogP contribution in [0.25, 0.3) is 11.3 Å². The second-order valence-electron chi connectivity index (χ2n) is 9.30. The molecule has 1 saturated carbocycles. The van der Waals surface area contributed by atoms with Gasteiger partial charge in [0.05, 0.1) is 15.9 Å². The Kier molecular flexibility index (Phi) is 6.84. The van der Waals surface area contributed by atoms with Crippen molar-refractivity contribution in [2.75, 3.05) is 0 Å². The molecule has 12 heteroatoms. The standard InChI is InChI=1S/C25H24BrF2N7O2/c1-13-16(12-35(30-13)11-15-4-5-15)6-21-24(32-34(3)31-21)23-19(8-18(27)9-20(23)28)14(2)37-22-7-17(26)10-29-25(22)33-36/h7-10,12,14-15H,4-6,11H2,1-3H3/p+1. The summed E-state index contributed by atoms with van der Waals surface area (Å²) in [4.78, 5) is 15.3. The number of hydrogen-bond acceptors (Lipinski definition) is 6. The highest BCUT2D eigenvalue weighted by Crippen LogP contribution is 2.37. The third-order valence-electron chi connectivity index (χ3n) is 6.34. The first-order chi connectivity index (χ1) is 17.7. The molecule has 0 spiro atoms. The molecule has 0 bridgehead atoms. The molecule has 4 aromatic rings. The van der Waals surface area contributed by atoms with Crippen LogP contribution in [0.5, 0.6) is 5.75 Å². The number of hydrogen-bond donors (Lipinski definition) is 0. The van der Waals surface area contributed by atoms with E-state index in [1.165, 1.54) is 29.9 Å². The number of benzene rings is 1. The topological polar surface area (TPSA) is 101 Å². The quantitative estimate of drug-likeness (QED) is 0.250. The second kappa shape index (κ2) is 10.1. The second-order valence-corrected chi connectivity index (χ2v) is 10.2. The van der Waals surface area contributed by atoms with Gasteiger partial charge in [-0.05, 0) is 65.1 Å². The van der Waals surface area contributed by atoms with Gasteiger partial charge in [0.25, 0.3) is 0 Å². The van der Waals surface area contributed by atoms with Crippen molar-refractivity contribution in [3.63, 3.8) is 0 Å². The molecule has 0 amide bonds. The average molecular weight is 573 g/mol. The highest BCUT2D eigenvalue weighted by atomic mass is 79.9. The molecule has 0 aliphatic heterocycles. The Labute approximate surface area is 220 Å². The largest absolute Gasteiger partial charge is 0.478 e. The normalized spacial score (nSPS) is 14.1. The number of aromatic nitrogens is 6. The van der Waals surface area contributed by atoms with Crippen molar-refractivity contribution in [1.82, 2.24) is 24.8 Å². The monoisotopic (exact) mass is 572 g/mol. The van der Waals surface area contributed by atoms with Crippen molar-refractivity contribution < 1.29 is 18.5 Å². The summed E-state index contributed by atoms with van der Waals surface area (Å²) >= 11 is 3.31. The molecule has 1 N–H and O–H groups in total. The number of halogens is 3. The Morgan fingerprint density at radius 2 is 2.03 bits per heavy atom. The third-order valence-corrected chi connectivity index (χ3v) is 6.79. The summed E-state index contributed by atoms with van der Waals surface area (Å²) < 4.78 is 38.3. The maximum Gasteiger partial charge on any atom is 0.414 e. The van der Waals surface area contributed by atoms with E-state index in [4.69, 9.17) is 4.74 Å². The fourth-order valence-electron chi connectivity index (χ4n) is 4.35. The molecule has 1 unspecified atom stereocenters. The van der Waals surface area contributed by atoms with Crippen LogP contribution in [-0.2, 0) is 20.0 Å². The lowest BCUT2D eigenvalue weighted by molar-refractivity contribution is -0.364. The molecule has 1 aromatic carbocycles. The minimum Gasteiger partial charge on any atom is -0.478 e. The first kappa shape index (κ1) is 25.1. The van der Waals surface area contributed by atoms with Crippen molar-refractivity contribution in [1.29, 1.82) is 0 Å². The van der Waals surface area contributed by atoms with E-state index >= 15 is 4.39 Å². The molecule has 5 rings (SSSR count). The van der Waals surface area contributed by atoms with E-state index in [0.717, 1.165) is 23.9 Å². The van der Waals surface area contributed by atoms with Crippen molar-refractivity contribution >= 4 is 21.7 Å². The highest BCUT2D eigenvalue weighted by Gasteiger charge is 2.27. The van der Waals surface area contributed by atoms with Crippen LogP contribution in [0.3, 0.4) is 0 Å². The predicted octanol–water partition coefficient (Wildman–Crippen LogP) is 5.38. The molecule has 1 aliphatic carbocycles.